The van der Waals surface area contributed by atoms with Gasteiger partial charge in [-0.1, -0.05) is 60.7 Å². The first-order chi connectivity index (χ1) is 13.4. The lowest BCUT2D eigenvalue weighted by Crippen LogP contribution is -2.60. The number of benzene rings is 2. The van der Waals surface area contributed by atoms with E-state index < -0.39 is 34.5 Å². The third kappa shape index (κ3) is 4.76. The number of carbonyl (C=O) groups excluding carboxylic acids is 1. The molecule has 1 atom stereocenters. The molecule has 1 heterocycles. The van der Waals surface area contributed by atoms with Crippen LogP contribution < -0.4 is 0 Å². The summed E-state index contributed by atoms with van der Waals surface area (Å²) < 4.78 is 27.4. The Kier molecular flexibility index (Phi) is 6.11. The number of amides is 1. The summed E-state index contributed by atoms with van der Waals surface area (Å²) >= 11 is 0. The van der Waals surface area contributed by atoms with Crippen molar-refractivity contribution in [3.8, 4) is 0 Å². The number of carboxylic acid groups (broad SMARTS) is 1. The molecule has 8 heteroatoms. The van der Waals surface area contributed by atoms with Gasteiger partial charge in [0.2, 0.25) is 15.9 Å². The average molecular weight is 402 g/mol. The number of sulfonamides is 1. The van der Waals surface area contributed by atoms with E-state index in [1.54, 1.807) is 24.3 Å². The molecule has 1 N–H and O–H groups in total. The van der Waals surface area contributed by atoms with E-state index in [2.05, 4.69) is 0 Å². The largest absolute Gasteiger partial charge is 0.480 e. The lowest BCUT2D eigenvalue weighted by molar-refractivity contribution is -0.148. The Bertz CT molecular complexity index is 932. The van der Waals surface area contributed by atoms with Crippen molar-refractivity contribution in [1.29, 1.82) is 0 Å². The minimum absolute atomic E-state index is 0.0600. The highest BCUT2D eigenvalue weighted by atomic mass is 32.2. The maximum atomic E-state index is 13.1. The predicted molar refractivity (Wildman–Crippen MR) is 104 cm³/mol. The van der Waals surface area contributed by atoms with Gasteiger partial charge < -0.3 is 10.0 Å². The summed E-state index contributed by atoms with van der Waals surface area (Å²) in [6.45, 7) is -0.299. The fourth-order valence-electron chi connectivity index (χ4n) is 3.37. The molecule has 1 aliphatic rings. The minimum Gasteiger partial charge on any atom is -0.480 e. The van der Waals surface area contributed by atoms with Crippen LogP contribution in [0.5, 0.6) is 0 Å². The summed E-state index contributed by atoms with van der Waals surface area (Å²) in [7, 11) is -3.75. The van der Waals surface area contributed by atoms with Gasteiger partial charge in [0.05, 0.1) is 5.75 Å². The molecule has 0 saturated carbocycles. The van der Waals surface area contributed by atoms with Gasteiger partial charge in [-0.2, -0.15) is 4.31 Å². The average Bonchev–Trinajstić information content (AvgIpc) is 2.66. The standard InChI is InChI=1S/C20H22N2O5S/c23-19(24)14-21-11-12-22(28(26,27)15-17-9-5-2-6-10-17)18(20(21)25)13-16-7-3-1-4-8-16/h1-10,18H,11-15H2,(H,23,24)/t18-/m0/s1. The number of rotatable bonds is 7. The van der Waals surface area contributed by atoms with Crippen molar-refractivity contribution >= 4 is 21.9 Å². The molecule has 2 aromatic rings. The van der Waals surface area contributed by atoms with E-state index in [0.717, 1.165) is 5.56 Å². The van der Waals surface area contributed by atoms with E-state index >= 15 is 0 Å². The smallest absolute Gasteiger partial charge is 0.323 e. The van der Waals surface area contributed by atoms with Crippen molar-refractivity contribution in [1.82, 2.24) is 9.21 Å². The summed E-state index contributed by atoms with van der Waals surface area (Å²) in [6, 6.07) is 17.0. The van der Waals surface area contributed by atoms with E-state index in [9.17, 15) is 18.0 Å². The maximum Gasteiger partial charge on any atom is 0.323 e. The highest BCUT2D eigenvalue weighted by Gasteiger charge is 2.41. The van der Waals surface area contributed by atoms with Crippen LogP contribution in [0, 0.1) is 0 Å². The minimum atomic E-state index is -3.75. The molecule has 28 heavy (non-hydrogen) atoms. The molecule has 0 aromatic heterocycles. The first kappa shape index (κ1) is 20.0. The zero-order valence-electron chi connectivity index (χ0n) is 15.3. The first-order valence-corrected chi connectivity index (χ1v) is 10.6. The lowest BCUT2D eigenvalue weighted by Gasteiger charge is -2.39. The van der Waals surface area contributed by atoms with Crippen molar-refractivity contribution in [2.24, 2.45) is 0 Å². The fraction of sp³-hybridized carbons (Fsp3) is 0.300. The molecule has 7 nitrogen and oxygen atoms in total. The number of aliphatic carboxylic acids is 1. The lowest BCUT2D eigenvalue weighted by atomic mass is 10.0. The molecule has 1 aliphatic heterocycles. The van der Waals surface area contributed by atoms with Crippen LogP contribution in [-0.2, 0) is 31.8 Å². The van der Waals surface area contributed by atoms with E-state index in [0.29, 0.717) is 5.56 Å². The molecular formula is C20H22N2O5S. The maximum absolute atomic E-state index is 13.1. The Balaban J connectivity index is 1.88. The SMILES string of the molecule is O=C(O)CN1CCN(S(=O)(=O)Cc2ccccc2)[C@@H](Cc2ccccc2)C1=O. The number of carbonyl (C=O) groups is 2. The Morgan fingerprint density at radius 1 is 0.964 bits per heavy atom. The van der Waals surface area contributed by atoms with Crippen LogP contribution in [0.4, 0.5) is 0 Å². The Hall–Kier alpha value is -2.71. The number of piperazine rings is 1. The molecule has 0 aliphatic carbocycles. The summed E-state index contributed by atoms with van der Waals surface area (Å²) in [5, 5.41) is 9.05. The third-order valence-electron chi connectivity index (χ3n) is 4.68. The molecule has 0 radical (unpaired) electrons. The molecule has 1 saturated heterocycles. The second-order valence-electron chi connectivity index (χ2n) is 6.71. The summed E-state index contributed by atoms with van der Waals surface area (Å²) in [6.07, 6.45) is 0.198. The normalized spacial score (nSPS) is 18.2. The second-order valence-corrected chi connectivity index (χ2v) is 8.63. The third-order valence-corrected chi connectivity index (χ3v) is 6.53. The van der Waals surface area contributed by atoms with Crippen LogP contribution in [-0.4, -0.2) is 60.3 Å². The summed E-state index contributed by atoms with van der Waals surface area (Å²) in [5.74, 6) is -1.80. The molecular weight excluding hydrogens is 380 g/mol. The highest BCUT2D eigenvalue weighted by molar-refractivity contribution is 7.88. The van der Waals surface area contributed by atoms with E-state index in [1.165, 1.54) is 9.21 Å². The van der Waals surface area contributed by atoms with E-state index in [1.807, 2.05) is 36.4 Å². The van der Waals surface area contributed by atoms with Crippen molar-refractivity contribution in [2.75, 3.05) is 19.6 Å². The predicted octanol–water partition coefficient (Wildman–Crippen LogP) is 1.36. The van der Waals surface area contributed by atoms with Crippen LogP contribution in [0.2, 0.25) is 0 Å². The topological polar surface area (TPSA) is 95.0 Å². The van der Waals surface area contributed by atoms with Crippen LogP contribution in [0.15, 0.2) is 60.7 Å². The van der Waals surface area contributed by atoms with Gasteiger partial charge in [-0.05, 0) is 17.5 Å². The highest BCUT2D eigenvalue weighted by Crippen LogP contribution is 2.22. The number of hydrogen-bond acceptors (Lipinski definition) is 4. The van der Waals surface area contributed by atoms with E-state index in [4.69, 9.17) is 5.11 Å². The van der Waals surface area contributed by atoms with Gasteiger partial charge in [-0.3, -0.25) is 9.59 Å². The van der Waals surface area contributed by atoms with Gasteiger partial charge in [0.1, 0.15) is 12.6 Å². The van der Waals surface area contributed by atoms with Crippen molar-refractivity contribution < 1.29 is 23.1 Å². The number of nitrogens with zero attached hydrogens (tertiary/aromatic N) is 2. The second kappa shape index (κ2) is 8.53. The van der Waals surface area contributed by atoms with Gasteiger partial charge in [0, 0.05) is 13.1 Å². The van der Waals surface area contributed by atoms with Gasteiger partial charge in [-0.25, -0.2) is 8.42 Å². The van der Waals surface area contributed by atoms with Crippen molar-refractivity contribution in [3.63, 3.8) is 0 Å². The van der Waals surface area contributed by atoms with Gasteiger partial charge in [0.15, 0.2) is 0 Å². The van der Waals surface area contributed by atoms with Crippen molar-refractivity contribution in [2.45, 2.75) is 18.2 Å². The van der Waals surface area contributed by atoms with Crippen LogP contribution in [0.25, 0.3) is 0 Å². The Labute approximate surface area is 164 Å². The van der Waals surface area contributed by atoms with Crippen molar-refractivity contribution in [3.05, 3.63) is 71.8 Å². The monoisotopic (exact) mass is 402 g/mol. The molecule has 0 bridgehead atoms. The molecule has 0 unspecified atom stereocenters. The molecule has 148 valence electrons. The van der Waals surface area contributed by atoms with Gasteiger partial charge in [0.25, 0.3) is 0 Å². The van der Waals surface area contributed by atoms with Gasteiger partial charge in [-0.15, -0.1) is 0 Å². The Morgan fingerprint density at radius 3 is 2.11 bits per heavy atom. The molecule has 2 aromatic carbocycles. The molecule has 1 amide bonds. The van der Waals surface area contributed by atoms with Crippen LogP contribution in [0.1, 0.15) is 11.1 Å². The summed E-state index contributed by atoms with van der Waals surface area (Å²) in [5.41, 5.74) is 1.46. The molecule has 3 rings (SSSR count). The zero-order chi connectivity index (χ0) is 20.1. The quantitative estimate of drug-likeness (QED) is 0.755. The van der Waals surface area contributed by atoms with Crippen LogP contribution >= 0.6 is 0 Å². The molecule has 1 fully saturated rings. The van der Waals surface area contributed by atoms with Crippen LogP contribution in [0.3, 0.4) is 0 Å². The first-order valence-electron chi connectivity index (χ1n) is 8.95. The summed E-state index contributed by atoms with van der Waals surface area (Å²) in [4.78, 5) is 25.2. The fourth-order valence-corrected chi connectivity index (χ4v) is 5.06. The van der Waals surface area contributed by atoms with Gasteiger partial charge >= 0.3 is 5.97 Å². The van der Waals surface area contributed by atoms with E-state index in [-0.39, 0.29) is 25.3 Å². The zero-order valence-corrected chi connectivity index (χ0v) is 16.1. The molecule has 0 spiro atoms. The Morgan fingerprint density at radius 2 is 1.54 bits per heavy atom. The number of hydrogen-bond donors (Lipinski definition) is 1. The number of carboxylic acids is 1.